The fourth-order valence-corrected chi connectivity index (χ4v) is 2.97. The molecule has 1 aliphatic rings. The Morgan fingerprint density at radius 1 is 1.19 bits per heavy atom. The Labute approximate surface area is 174 Å². The van der Waals surface area contributed by atoms with Crippen molar-refractivity contribution in [3.05, 3.63) is 70.8 Å². The van der Waals surface area contributed by atoms with Gasteiger partial charge in [-0.3, -0.25) is 4.99 Å². The van der Waals surface area contributed by atoms with E-state index in [1.54, 1.807) is 19.2 Å². The summed E-state index contributed by atoms with van der Waals surface area (Å²) in [5.41, 5.74) is 1.71. The lowest BCUT2D eigenvalue weighted by Crippen LogP contribution is -2.41. The number of aliphatic imine (C=N–C) groups is 1. The van der Waals surface area contributed by atoms with Crippen molar-refractivity contribution >= 4 is 29.9 Å². The fourth-order valence-electron chi connectivity index (χ4n) is 2.97. The van der Waals surface area contributed by atoms with E-state index in [9.17, 15) is 8.78 Å². The van der Waals surface area contributed by atoms with Crippen LogP contribution in [0.1, 0.15) is 29.5 Å². The van der Waals surface area contributed by atoms with Crippen molar-refractivity contribution in [2.75, 3.05) is 13.6 Å². The molecule has 0 radical (unpaired) electrons. The lowest BCUT2D eigenvalue weighted by atomic mass is 9.96. The highest BCUT2D eigenvalue weighted by molar-refractivity contribution is 14.0. The molecule has 0 amide bonds. The third-order valence-electron chi connectivity index (χ3n) is 4.73. The summed E-state index contributed by atoms with van der Waals surface area (Å²) in [6, 6.07) is 12.9. The number of nitrogens with zero attached hydrogens (tertiary/aromatic N) is 2. The van der Waals surface area contributed by atoms with E-state index in [4.69, 9.17) is 5.26 Å². The van der Waals surface area contributed by atoms with Gasteiger partial charge in [-0.2, -0.15) is 5.26 Å². The molecule has 0 saturated heterocycles. The van der Waals surface area contributed by atoms with E-state index in [0.717, 1.165) is 18.4 Å². The second kappa shape index (κ2) is 9.13. The third-order valence-corrected chi connectivity index (χ3v) is 4.73. The van der Waals surface area contributed by atoms with Crippen molar-refractivity contribution in [3.63, 3.8) is 0 Å². The molecule has 1 fully saturated rings. The molecular formula is C20H21F2IN4. The first-order chi connectivity index (χ1) is 12.6. The van der Waals surface area contributed by atoms with Gasteiger partial charge in [0.1, 0.15) is 11.6 Å². The molecule has 0 spiro atoms. The highest BCUT2D eigenvalue weighted by Crippen LogP contribution is 2.47. The zero-order valence-corrected chi connectivity index (χ0v) is 17.3. The van der Waals surface area contributed by atoms with Gasteiger partial charge in [0, 0.05) is 31.1 Å². The van der Waals surface area contributed by atoms with Crippen LogP contribution in [-0.4, -0.2) is 19.6 Å². The van der Waals surface area contributed by atoms with Gasteiger partial charge in [-0.05, 0) is 48.7 Å². The van der Waals surface area contributed by atoms with Gasteiger partial charge >= 0.3 is 0 Å². The zero-order chi connectivity index (χ0) is 18.6. The molecule has 2 N–H and O–H groups in total. The van der Waals surface area contributed by atoms with Crippen molar-refractivity contribution in [3.8, 4) is 6.07 Å². The molecule has 1 aliphatic carbocycles. The van der Waals surface area contributed by atoms with E-state index in [0.29, 0.717) is 23.6 Å². The van der Waals surface area contributed by atoms with Gasteiger partial charge in [-0.25, -0.2) is 8.78 Å². The van der Waals surface area contributed by atoms with E-state index >= 15 is 0 Å². The third kappa shape index (κ3) is 5.16. The first-order valence-electron chi connectivity index (χ1n) is 8.45. The lowest BCUT2D eigenvalue weighted by molar-refractivity contribution is 0.598. The normalized spacial score (nSPS) is 14.7. The molecule has 0 aliphatic heterocycles. The monoisotopic (exact) mass is 482 g/mol. The predicted molar refractivity (Wildman–Crippen MR) is 112 cm³/mol. The maximum absolute atomic E-state index is 13.9. The molecule has 7 heteroatoms. The van der Waals surface area contributed by atoms with Crippen molar-refractivity contribution in [1.29, 1.82) is 5.26 Å². The van der Waals surface area contributed by atoms with Gasteiger partial charge in [0.05, 0.1) is 11.6 Å². The Bertz CT molecular complexity index is 873. The SMILES string of the molecule is CN=C(NCc1cc(C#N)ccc1F)NCC1(c2cccc(F)c2)CC1.I. The molecule has 4 nitrogen and oxygen atoms in total. The maximum Gasteiger partial charge on any atom is 0.191 e. The van der Waals surface area contributed by atoms with Crippen LogP contribution in [0.15, 0.2) is 47.5 Å². The standard InChI is InChI=1S/C20H20F2N4.HI/c1-24-19(25-12-15-9-14(11-23)5-6-18(15)22)26-13-20(7-8-20)16-3-2-4-17(21)10-16;/h2-6,9-10H,7-8,12-13H2,1H3,(H2,24,25,26);1H. The van der Waals surface area contributed by atoms with Crippen LogP contribution in [0.3, 0.4) is 0 Å². The van der Waals surface area contributed by atoms with E-state index in [2.05, 4.69) is 15.6 Å². The summed E-state index contributed by atoms with van der Waals surface area (Å²) in [6.45, 7) is 0.838. The van der Waals surface area contributed by atoms with E-state index < -0.39 is 0 Å². The number of rotatable bonds is 5. The maximum atomic E-state index is 13.9. The largest absolute Gasteiger partial charge is 0.356 e. The second-order valence-corrected chi connectivity index (χ2v) is 6.49. The molecule has 0 atom stereocenters. The van der Waals surface area contributed by atoms with Crippen LogP contribution < -0.4 is 10.6 Å². The van der Waals surface area contributed by atoms with E-state index in [1.165, 1.54) is 24.3 Å². The molecule has 27 heavy (non-hydrogen) atoms. The summed E-state index contributed by atoms with van der Waals surface area (Å²) >= 11 is 0. The average Bonchev–Trinajstić information content (AvgIpc) is 3.44. The average molecular weight is 482 g/mol. The number of halogens is 3. The number of hydrogen-bond donors (Lipinski definition) is 2. The number of nitriles is 1. The minimum absolute atomic E-state index is 0. The molecule has 0 heterocycles. The van der Waals surface area contributed by atoms with Crippen molar-refractivity contribution < 1.29 is 8.78 Å². The smallest absolute Gasteiger partial charge is 0.191 e. The summed E-state index contributed by atoms with van der Waals surface area (Å²) in [7, 11) is 1.64. The van der Waals surface area contributed by atoms with Gasteiger partial charge in [0.25, 0.3) is 0 Å². The molecule has 0 unspecified atom stereocenters. The van der Waals surface area contributed by atoms with Crippen molar-refractivity contribution in [2.45, 2.75) is 24.8 Å². The van der Waals surface area contributed by atoms with Crippen LogP contribution >= 0.6 is 24.0 Å². The lowest BCUT2D eigenvalue weighted by Gasteiger charge is -2.19. The second-order valence-electron chi connectivity index (χ2n) is 6.49. The summed E-state index contributed by atoms with van der Waals surface area (Å²) in [6.07, 6.45) is 1.97. The van der Waals surface area contributed by atoms with Gasteiger partial charge < -0.3 is 10.6 Å². The predicted octanol–water partition coefficient (Wildman–Crippen LogP) is 3.85. The van der Waals surface area contributed by atoms with Gasteiger partial charge in [-0.1, -0.05) is 12.1 Å². The Morgan fingerprint density at radius 2 is 1.96 bits per heavy atom. The number of benzene rings is 2. The van der Waals surface area contributed by atoms with Gasteiger partial charge in [0.2, 0.25) is 0 Å². The summed E-state index contributed by atoms with van der Waals surface area (Å²) in [5.74, 6) is -0.0658. The molecule has 3 rings (SSSR count). The van der Waals surface area contributed by atoms with Crippen molar-refractivity contribution in [1.82, 2.24) is 10.6 Å². The molecule has 0 bridgehead atoms. The van der Waals surface area contributed by atoms with Crippen LogP contribution in [0, 0.1) is 23.0 Å². The van der Waals surface area contributed by atoms with E-state index in [1.807, 2.05) is 12.1 Å². The molecule has 2 aromatic carbocycles. The zero-order valence-electron chi connectivity index (χ0n) is 14.9. The molecule has 1 saturated carbocycles. The van der Waals surface area contributed by atoms with Crippen LogP contribution in [0.2, 0.25) is 0 Å². The highest BCUT2D eigenvalue weighted by Gasteiger charge is 2.44. The summed E-state index contributed by atoms with van der Waals surface area (Å²) in [4.78, 5) is 4.15. The Hall–Kier alpha value is -2.21. The first kappa shape index (κ1) is 21.1. The quantitative estimate of drug-likeness (QED) is 0.387. The topological polar surface area (TPSA) is 60.2 Å². The number of nitrogens with one attached hydrogen (secondary N) is 2. The number of hydrogen-bond acceptors (Lipinski definition) is 2. The Morgan fingerprint density at radius 3 is 2.59 bits per heavy atom. The van der Waals surface area contributed by atoms with Crippen LogP contribution in [0.25, 0.3) is 0 Å². The molecule has 0 aromatic heterocycles. The van der Waals surface area contributed by atoms with Gasteiger partial charge in [0.15, 0.2) is 5.96 Å². The molecule has 2 aromatic rings. The van der Waals surface area contributed by atoms with Crippen molar-refractivity contribution in [2.24, 2.45) is 4.99 Å². The summed E-state index contributed by atoms with van der Waals surface area (Å²) in [5, 5.41) is 15.2. The van der Waals surface area contributed by atoms with Gasteiger partial charge in [-0.15, -0.1) is 24.0 Å². The van der Waals surface area contributed by atoms with Crippen LogP contribution in [0.4, 0.5) is 8.78 Å². The Kier molecular flexibility index (Phi) is 7.13. The highest BCUT2D eigenvalue weighted by atomic mass is 127. The number of guanidine groups is 1. The molecular weight excluding hydrogens is 461 g/mol. The summed E-state index contributed by atoms with van der Waals surface area (Å²) < 4.78 is 27.3. The van der Waals surface area contributed by atoms with E-state index in [-0.39, 0.29) is 47.6 Å². The molecule has 142 valence electrons. The fraction of sp³-hybridized carbons (Fsp3) is 0.300. The van der Waals surface area contributed by atoms with Crippen LogP contribution in [0.5, 0.6) is 0 Å². The minimum Gasteiger partial charge on any atom is -0.356 e. The minimum atomic E-state index is -0.370. The first-order valence-corrected chi connectivity index (χ1v) is 8.45. The Balaban J connectivity index is 0.00000261. The van der Waals surface area contributed by atoms with Crippen LogP contribution in [-0.2, 0) is 12.0 Å².